The number of amides is 1. The van der Waals surface area contributed by atoms with Crippen LogP contribution in [0.2, 0.25) is 0 Å². The third kappa shape index (κ3) is 3.54. The molecule has 0 radical (unpaired) electrons. The lowest BCUT2D eigenvalue weighted by molar-refractivity contribution is -0.138. The predicted molar refractivity (Wildman–Crippen MR) is 73.0 cm³/mol. The molecule has 1 aliphatic heterocycles. The van der Waals surface area contributed by atoms with Crippen molar-refractivity contribution >= 4 is 11.9 Å². The fraction of sp³-hybridized carbons (Fsp3) is 0.500. The first-order valence-electron chi connectivity index (χ1n) is 6.76. The average molecular weight is 277 g/mol. The van der Waals surface area contributed by atoms with Gasteiger partial charge >= 0.3 is 5.97 Å². The zero-order chi connectivity index (χ0) is 14.5. The SMILES string of the molecule is NCc1cc(C(=O)N2CCCC(CC(=O)O)C2)ccn1. The van der Waals surface area contributed by atoms with E-state index in [0.29, 0.717) is 30.9 Å². The molecular weight excluding hydrogens is 258 g/mol. The van der Waals surface area contributed by atoms with Crippen LogP contribution in [0.1, 0.15) is 35.3 Å². The van der Waals surface area contributed by atoms with Crippen molar-refractivity contribution in [2.24, 2.45) is 11.7 Å². The number of hydrogen-bond donors (Lipinski definition) is 2. The van der Waals surface area contributed by atoms with Gasteiger partial charge in [0.15, 0.2) is 0 Å². The minimum absolute atomic E-state index is 0.0426. The number of nitrogens with zero attached hydrogens (tertiary/aromatic N) is 2. The summed E-state index contributed by atoms with van der Waals surface area (Å²) in [5.74, 6) is -0.836. The molecule has 0 bridgehead atoms. The van der Waals surface area contributed by atoms with Crippen LogP contribution in [0.25, 0.3) is 0 Å². The highest BCUT2D eigenvalue weighted by molar-refractivity contribution is 5.94. The Balaban J connectivity index is 2.06. The fourth-order valence-corrected chi connectivity index (χ4v) is 2.57. The number of carboxylic acids is 1. The molecule has 2 rings (SSSR count). The number of rotatable bonds is 4. The number of carbonyl (C=O) groups is 2. The van der Waals surface area contributed by atoms with Crippen molar-refractivity contribution in [3.8, 4) is 0 Å². The van der Waals surface area contributed by atoms with Gasteiger partial charge in [-0.15, -0.1) is 0 Å². The zero-order valence-corrected chi connectivity index (χ0v) is 11.3. The number of pyridine rings is 1. The molecule has 1 aliphatic rings. The molecule has 1 aromatic rings. The largest absolute Gasteiger partial charge is 0.481 e. The van der Waals surface area contributed by atoms with Crippen LogP contribution in [0.3, 0.4) is 0 Å². The monoisotopic (exact) mass is 277 g/mol. The van der Waals surface area contributed by atoms with E-state index in [2.05, 4.69) is 4.98 Å². The van der Waals surface area contributed by atoms with Crippen LogP contribution in [0.4, 0.5) is 0 Å². The highest BCUT2D eigenvalue weighted by Gasteiger charge is 2.26. The van der Waals surface area contributed by atoms with Crippen LogP contribution in [0.15, 0.2) is 18.3 Å². The van der Waals surface area contributed by atoms with Crippen molar-refractivity contribution in [3.05, 3.63) is 29.6 Å². The molecule has 0 saturated carbocycles. The van der Waals surface area contributed by atoms with Gasteiger partial charge in [0.25, 0.3) is 5.91 Å². The Labute approximate surface area is 117 Å². The first-order valence-corrected chi connectivity index (χ1v) is 6.76. The summed E-state index contributed by atoms with van der Waals surface area (Å²) in [6.07, 6.45) is 3.40. The van der Waals surface area contributed by atoms with Gasteiger partial charge in [0.1, 0.15) is 0 Å². The molecule has 1 atom stereocenters. The van der Waals surface area contributed by atoms with Gasteiger partial charge in [0.05, 0.1) is 5.69 Å². The van der Waals surface area contributed by atoms with E-state index < -0.39 is 5.97 Å². The molecule has 6 nitrogen and oxygen atoms in total. The second-order valence-corrected chi connectivity index (χ2v) is 5.10. The van der Waals surface area contributed by atoms with E-state index in [1.54, 1.807) is 23.2 Å². The van der Waals surface area contributed by atoms with Gasteiger partial charge in [0.2, 0.25) is 0 Å². The van der Waals surface area contributed by atoms with E-state index >= 15 is 0 Å². The number of piperidine rings is 1. The lowest BCUT2D eigenvalue weighted by Gasteiger charge is -2.32. The van der Waals surface area contributed by atoms with E-state index in [4.69, 9.17) is 10.8 Å². The summed E-state index contributed by atoms with van der Waals surface area (Å²) < 4.78 is 0. The van der Waals surface area contributed by atoms with E-state index in [-0.39, 0.29) is 18.2 Å². The van der Waals surface area contributed by atoms with Crippen molar-refractivity contribution in [2.45, 2.75) is 25.8 Å². The van der Waals surface area contributed by atoms with Crippen LogP contribution < -0.4 is 5.73 Å². The fourth-order valence-electron chi connectivity index (χ4n) is 2.57. The molecule has 0 spiro atoms. The first kappa shape index (κ1) is 14.5. The lowest BCUT2D eigenvalue weighted by atomic mass is 9.94. The molecule has 2 heterocycles. The van der Waals surface area contributed by atoms with Crippen molar-refractivity contribution < 1.29 is 14.7 Å². The lowest BCUT2D eigenvalue weighted by Crippen LogP contribution is -2.40. The molecule has 108 valence electrons. The van der Waals surface area contributed by atoms with E-state index in [1.807, 2.05) is 0 Å². The maximum Gasteiger partial charge on any atom is 0.303 e. The van der Waals surface area contributed by atoms with Gasteiger partial charge in [-0.05, 0) is 30.9 Å². The number of likely N-dealkylation sites (tertiary alicyclic amines) is 1. The highest BCUT2D eigenvalue weighted by atomic mass is 16.4. The van der Waals surface area contributed by atoms with Crippen molar-refractivity contribution in [1.29, 1.82) is 0 Å². The van der Waals surface area contributed by atoms with E-state index in [9.17, 15) is 9.59 Å². The Hall–Kier alpha value is -1.95. The summed E-state index contributed by atoms with van der Waals surface area (Å²) in [6, 6.07) is 3.37. The quantitative estimate of drug-likeness (QED) is 0.851. The van der Waals surface area contributed by atoms with Gasteiger partial charge in [0, 0.05) is 37.8 Å². The number of carbonyl (C=O) groups excluding carboxylic acids is 1. The summed E-state index contributed by atoms with van der Waals surface area (Å²) >= 11 is 0. The average Bonchev–Trinajstić information content (AvgIpc) is 2.46. The van der Waals surface area contributed by atoms with Crippen LogP contribution in [0.5, 0.6) is 0 Å². The standard InChI is InChI=1S/C14H19N3O3/c15-8-12-7-11(3-4-16-12)14(20)17-5-1-2-10(9-17)6-13(18)19/h3-4,7,10H,1-2,5-6,8-9,15H2,(H,18,19). The third-order valence-electron chi connectivity index (χ3n) is 3.54. The molecule has 1 unspecified atom stereocenters. The summed E-state index contributed by atoms with van der Waals surface area (Å²) in [5, 5.41) is 8.85. The maximum atomic E-state index is 12.4. The van der Waals surface area contributed by atoms with E-state index in [1.165, 1.54) is 0 Å². The smallest absolute Gasteiger partial charge is 0.303 e. The Morgan fingerprint density at radius 2 is 2.30 bits per heavy atom. The molecule has 1 amide bonds. The van der Waals surface area contributed by atoms with Gasteiger partial charge < -0.3 is 15.7 Å². The summed E-state index contributed by atoms with van der Waals surface area (Å²) in [5.41, 5.74) is 6.76. The van der Waals surface area contributed by atoms with Gasteiger partial charge in [-0.2, -0.15) is 0 Å². The van der Waals surface area contributed by atoms with Crippen LogP contribution in [-0.2, 0) is 11.3 Å². The summed E-state index contributed by atoms with van der Waals surface area (Å²) in [4.78, 5) is 29.0. The second kappa shape index (κ2) is 6.47. The van der Waals surface area contributed by atoms with Gasteiger partial charge in [-0.25, -0.2) is 0 Å². The predicted octanol–water partition coefficient (Wildman–Crippen LogP) is 0.867. The molecule has 20 heavy (non-hydrogen) atoms. The number of carboxylic acid groups (broad SMARTS) is 1. The third-order valence-corrected chi connectivity index (χ3v) is 3.54. The summed E-state index contributed by atoms with van der Waals surface area (Å²) in [7, 11) is 0. The molecule has 1 fully saturated rings. The Bertz CT molecular complexity index is 504. The zero-order valence-electron chi connectivity index (χ0n) is 11.3. The van der Waals surface area contributed by atoms with Crippen molar-refractivity contribution in [2.75, 3.05) is 13.1 Å². The van der Waals surface area contributed by atoms with E-state index in [0.717, 1.165) is 12.8 Å². The Kier molecular flexibility index (Phi) is 4.68. The minimum Gasteiger partial charge on any atom is -0.481 e. The van der Waals surface area contributed by atoms with Gasteiger partial charge in [-0.1, -0.05) is 0 Å². The minimum atomic E-state index is -0.807. The molecule has 6 heteroatoms. The number of nitrogens with two attached hydrogens (primary N) is 1. The molecule has 1 aromatic heterocycles. The van der Waals surface area contributed by atoms with Crippen LogP contribution >= 0.6 is 0 Å². The topological polar surface area (TPSA) is 96.5 Å². The number of aromatic nitrogens is 1. The number of aliphatic carboxylic acids is 1. The molecule has 0 aliphatic carbocycles. The first-order chi connectivity index (χ1) is 9.60. The Morgan fingerprint density at radius 1 is 1.50 bits per heavy atom. The van der Waals surface area contributed by atoms with Crippen LogP contribution in [0, 0.1) is 5.92 Å². The van der Waals surface area contributed by atoms with Crippen molar-refractivity contribution in [3.63, 3.8) is 0 Å². The van der Waals surface area contributed by atoms with Crippen LogP contribution in [-0.4, -0.2) is 40.0 Å². The summed E-state index contributed by atoms with van der Waals surface area (Å²) in [6.45, 7) is 1.48. The molecule has 1 saturated heterocycles. The van der Waals surface area contributed by atoms with Gasteiger partial charge in [-0.3, -0.25) is 14.6 Å². The van der Waals surface area contributed by atoms with Crippen molar-refractivity contribution in [1.82, 2.24) is 9.88 Å². The highest BCUT2D eigenvalue weighted by Crippen LogP contribution is 2.21. The molecular formula is C14H19N3O3. The second-order valence-electron chi connectivity index (χ2n) is 5.10. The normalized spacial score (nSPS) is 18.9. The maximum absolute atomic E-state index is 12.4. The molecule has 3 N–H and O–H groups in total. The molecule has 0 aromatic carbocycles. The number of hydrogen-bond acceptors (Lipinski definition) is 4. The Morgan fingerprint density at radius 3 is 3.00 bits per heavy atom.